The van der Waals surface area contributed by atoms with Gasteiger partial charge in [-0.05, 0) is 45.8 Å². The van der Waals surface area contributed by atoms with Crippen molar-refractivity contribution in [2.24, 2.45) is 5.92 Å². The quantitative estimate of drug-likeness (QED) is 0.716. The third-order valence-electron chi connectivity index (χ3n) is 3.43. The van der Waals surface area contributed by atoms with Crippen LogP contribution in [0.4, 0.5) is 0 Å². The first-order chi connectivity index (χ1) is 7.63. The zero-order valence-corrected chi connectivity index (χ0v) is 10.8. The molecule has 0 saturated carbocycles. The fourth-order valence-corrected chi connectivity index (χ4v) is 1.91. The Labute approximate surface area is 98.8 Å². The van der Waals surface area contributed by atoms with Crippen molar-refractivity contribution in [3.63, 3.8) is 0 Å². The van der Waals surface area contributed by atoms with Crippen molar-refractivity contribution >= 4 is 5.91 Å². The summed E-state index contributed by atoms with van der Waals surface area (Å²) in [5.41, 5.74) is 0. The summed E-state index contributed by atoms with van der Waals surface area (Å²) in [5.74, 6) is 0.961. The summed E-state index contributed by atoms with van der Waals surface area (Å²) >= 11 is 0. The maximum absolute atomic E-state index is 11.5. The second kappa shape index (κ2) is 6.86. The summed E-state index contributed by atoms with van der Waals surface area (Å²) in [7, 11) is 1.80. The zero-order valence-electron chi connectivity index (χ0n) is 10.8. The number of amides is 1. The molecule has 2 N–H and O–H groups in total. The molecule has 1 atom stereocenters. The van der Waals surface area contributed by atoms with Crippen LogP contribution in [0.1, 0.15) is 26.7 Å². The normalized spacial score (nSPS) is 20.7. The molecule has 0 spiro atoms. The van der Waals surface area contributed by atoms with Crippen molar-refractivity contribution in [1.82, 2.24) is 15.5 Å². The van der Waals surface area contributed by atoms with Gasteiger partial charge in [-0.25, -0.2) is 0 Å². The molecule has 0 radical (unpaired) electrons. The average molecular weight is 227 g/mol. The van der Waals surface area contributed by atoms with E-state index in [-0.39, 0.29) is 11.9 Å². The van der Waals surface area contributed by atoms with E-state index in [9.17, 15) is 4.79 Å². The van der Waals surface area contributed by atoms with E-state index in [1.54, 1.807) is 7.05 Å². The fourth-order valence-electron chi connectivity index (χ4n) is 1.91. The predicted molar refractivity (Wildman–Crippen MR) is 66.4 cm³/mol. The number of hydrogen-bond donors (Lipinski definition) is 2. The molecule has 1 aliphatic rings. The van der Waals surface area contributed by atoms with E-state index in [2.05, 4.69) is 22.5 Å². The molecule has 1 fully saturated rings. The molecule has 94 valence electrons. The van der Waals surface area contributed by atoms with E-state index in [4.69, 9.17) is 0 Å². The Balaban J connectivity index is 2.09. The lowest BCUT2D eigenvalue weighted by Gasteiger charge is -2.30. The second-order valence-electron chi connectivity index (χ2n) is 4.83. The monoisotopic (exact) mass is 227 g/mol. The van der Waals surface area contributed by atoms with Gasteiger partial charge in [0.1, 0.15) is 0 Å². The van der Waals surface area contributed by atoms with E-state index in [0.29, 0.717) is 0 Å². The van der Waals surface area contributed by atoms with Crippen molar-refractivity contribution in [3.8, 4) is 0 Å². The van der Waals surface area contributed by atoms with Crippen LogP contribution >= 0.6 is 0 Å². The summed E-state index contributed by atoms with van der Waals surface area (Å²) in [4.78, 5) is 13.9. The van der Waals surface area contributed by atoms with Crippen LogP contribution in [0, 0.1) is 5.92 Å². The molecule has 1 amide bonds. The Morgan fingerprint density at radius 3 is 2.62 bits per heavy atom. The Morgan fingerprint density at radius 2 is 2.06 bits per heavy atom. The van der Waals surface area contributed by atoms with Gasteiger partial charge in [-0.1, -0.05) is 6.92 Å². The van der Waals surface area contributed by atoms with E-state index in [1.165, 1.54) is 25.9 Å². The van der Waals surface area contributed by atoms with E-state index in [1.807, 2.05) is 6.92 Å². The fraction of sp³-hybridized carbons (Fsp3) is 0.917. The second-order valence-corrected chi connectivity index (χ2v) is 4.83. The smallest absolute Gasteiger partial charge is 0.236 e. The summed E-state index contributed by atoms with van der Waals surface area (Å²) in [6.07, 6.45) is 2.59. The summed E-state index contributed by atoms with van der Waals surface area (Å²) < 4.78 is 0. The minimum atomic E-state index is -0.0959. The lowest BCUT2D eigenvalue weighted by Crippen LogP contribution is -2.44. The molecule has 16 heavy (non-hydrogen) atoms. The zero-order chi connectivity index (χ0) is 12.0. The average Bonchev–Trinajstić information content (AvgIpc) is 2.30. The number of piperidine rings is 1. The highest BCUT2D eigenvalue weighted by atomic mass is 16.2. The number of carbonyl (C=O) groups excluding carboxylic acids is 1. The predicted octanol–water partition coefficient (Wildman–Crippen LogP) is 0.442. The van der Waals surface area contributed by atoms with Crippen LogP contribution in [0.3, 0.4) is 0 Å². The van der Waals surface area contributed by atoms with Crippen molar-refractivity contribution in [2.45, 2.75) is 32.7 Å². The number of hydrogen-bond acceptors (Lipinski definition) is 3. The van der Waals surface area contributed by atoms with Gasteiger partial charge in [0.15, 0.2) is 0 Å². The van der Waals surface area contributed by atoms with Crippen LogP contribution in [-0.4, -0.2) is 50.1 Å². The highest BCUT2D eigenvalue weighted by molar-refractivity contribution is 5.81. The van der Waals surface area contributed by atoms with Crippen LogP contribution in [-0.2, 0) is 4.79 Å². The van der Waals surface area contributed by atoms with Gasteiger partial charge < -0.3 is 15.5 Å². The molecule has 1 unspecified atom stereocenters. The maximum Gasteiger partial charge on any atom is 0.236 e. The van der Waals surface area contributed by atoms with Crippen molar-refractivity contribution in [1.29, 1.82) is 0 Å². The van der Waals surface area contributed by atoms with Gasteiger partial charge >= 0.3 is 0 Å². The van der Waals surface area contributed by atoms with E-state index >= 15 is 0 Å². The summed E-state index contributed by atoms with van der Waals surface area (Å²) in [5, 5.41) is 5.88. The van der Waals surface area contributed by atoms with Crippen LogP contribution in [0.15, 0.2) is 0 Å². The SMILES string of the molecule is CNC(C)C(=O)NCCN1CCC(C)CC1. The van der Waals surface area contributed by atoms with Crippen molar-refractivity contribution in [3.05, 3.63) is 0 Å². The summed E-state index contributed by atoms with van der Waals surface area (Å²) in [6, 6.07) is -0.0959. The molecule has 4 heteroatoms. The number of nitrogens with zero attached hydrogens (tertiary/aromatic N) is 1. The molecule has 1 rings (SSSR count). The standard InChI is InChI=1S/C12H25N3O/c1-10-4-7-15(8-5-10)9-6-14-12(16)11(2)13-3/h10-11,13H,4-9H2,1-3H3,(H,14,16). The minimum absolute atomic E-state index is 0.0906. The third-order valence-corrected chi connectivity index (χ3v) is 3.43. The van der Waals surface area contributed by atoms with Gasteiger partial charge in [0.2, 0.25) is 5.91 Å². The number of rotatable bonds is 5. The van der Waals surface area contributed by atoms with Gasteiger partial charge in [0.05, 0.1) is 6.04 Å². The first-order valence-corrected chi connectivity index (χ1v) is 6.30. The lowest BCUT2D eigenvalue weighted by atomic mass is 9.99. The molecule has 0 aromatic heterocycles. The first kappa shape index (κ1) is 13.5. The molecular formula is C12H25N3O. The summed E-state index contributed by atoms with van der Waals surface area (Å²) in [6.45, 7) is 8.29. The van der Waals surface area contributed by atoms with Crippen molar-refractivity contribution in [2.75, 3.05) is 33.2 Å². The Bertz CT molecular complexity index is 212. The highest BCUT2D eigenvalue weighted by Crippen LogP contribution is 2.14. The molecule has 1 aliphatic heterocycles. The first-order valence-electron chi connectivity index (χ1n) is 6.30. The minimum Gasteiger partial charge on any atom is -0.353 e. The number of likely N-dealkylation sites (tertiary alicyclic amines) is 1. The Kier molecular flexibility index (Phi) is 5.77. The van der Waals surface area contributed by atoms with Crippen LogP contribution in [0.5, 0.6) is 0 Å². The number of likely N-dealkylation sites (N-methyl/N-ethyl adjacent to an activating group) is 1. The van der Waals surface area contributed by atoms with Crippen molar-refractivity contribution < 1.29 is 4.79 Å². The van der Waals surface area contributed by atoms with E-state index in [0.717, 1.165) is 19.0 Å². The van der Waals surface area contributed by atoms with Crippen LogP contribution in [0.25, 0.3) is 0 Å². The van der Waals surface area contributed by atoms with Gasteiger partial charge in [0.25, 0.3) is 0 Å². The van der Waals surface area contributed by atoms with E-state index < -0.39 is 0 Å². The molecule has 4 nitrogen and oxygen atoms in total. The molecule has 0 aromatic rings. The number of nitrogens with one attached hydrogen (secondary N) is 2. The third kappa shape index (κ3) is 4.49. The molecule has 0 bridgehead atoms. The molecule has 0 aliphatic carbocycles. The Hall–Kier alpha value is -0.610. The highest BCUT2D eigenvalue weighted by Gasteiger charge is 2.15. The lowest BCUT2D eigenvalue weighted by molar-refractivity contribution is -0.122. The van der Waals surface area contributed by atoms with Crippen LogP contribution < -0.4 is 10.6 Å². The largest absolute Gasteiger partial charge is 0.353 e. The molecule has 0 aromatic carbocycles. The molecule has 1 saturated heterocycles. The van der Waals surface area contributed by atoms with Gasteiger partial charge in [-0.3, -0.25) is 4.79 Å². The maximum atomic E-state index is 11.5. The molecular weight excluding hydrogens is 202 g/mol. The topological polar surface area (TPSA) is 44.4 Å². The van der Waals surface area contributed by atoms with Gasteiger partial charge in [0, 0.05) is 13.1 Å². The van der Waals surface area contributed by atoms with Crippen LogP contribution in [0.2, 0.25) is 0 Å². The van der Waals surface area contributed by atoms with Gasteiger partial charge in [-0.15, -0.1) is 0 Å². The molecule has 1 heterocycles. The Morgan fingerprint density at radius 1 is 1.44 bits per heavy atom. The number of carbonyl (C=O) groups is 1. The van der Waals surface area contributed by atoms with Gasteiger partial charge in [-0.2, -0.15) is 0 Å².